The lowest BCUT2D eigenvalue weighted by Crippen LogP contribution is -2.29. The van der Waals surface area contributed by atoms with E-state index in [0.29, 0.717) is 29.1 Å². The SMILES string of the molecule is CC[C@H](CNC(=O)c1[nH]c(C)c(C(=O)OC(C)C)c1C)c1ccccc1. The van der Waals surface area contributed by atoms with Gasteiger partial charge in [-0.25, -0.2) is 4.79 Å². The number of carbonyl (C=O) groups is 2. The average Bonchev–Trinajstić information content (AvgIpc) is 2.90. The van der Waals surface area contributed by atoms with Crippen LogP contribution in [-0.4, -0.2) is 29.5 Å². The van der Waals surface area contributed by atoms with Crippen LogP contribution in [-0.2, 0) is 4.74 Å². The van der Waals surface area contributed by atoms with Crippen molar-refractivity contribution >= 4 is 11.9 Å². The summed E-state index contributed by atoms with van der Waals surface area (Å²) >= 11 is 0. The van der Waals surface area contributed by atoms with Gasteiger partial charge < -0.3 is 15.0 Å². The van der Waals surface area contributed by atoms with Crippen molar-refractivity contribution in [2.75, 3.05) is 6.54 Å². The molecule has 1 heterocycles. The number of hydrogen-bond donors (Lipinski definition) is 2. The second-order valence-electron chi connectivity index (χ2n) is 6.80. The first-order chi connectivity index (χ1) is 12.3. The third-order valence-electron chi connectivity index (χ3n) is 4.48. The average molecular weight is 356 g/mol. The molecule has 2 aromatic rings. The molecule has 0 bridgehead atoms. The van der Waals surface area contributed by atoms with Crippen molar-refractivity contribution in [1.29, 1.82) is 0 Å². The fourth-order valence-corrected chi connectivity index (χ4v) is 3.08. The van der Waals surface area contributed by atoms with Gasteiger partial charge in [-0.2, -0.15) is 0 Å². The minimum Gasteiger partial charge on any atom is -0.459 e. The van der Waals surface area contributed by atoms with E-state index in [2.05, 4.69) is 29.4 Å². The van der Waals surface area contributed by atoms with Crippen molar-refractivity contribution in [3.05, 3.63) is 58.4 Å². The molecule has 5 heteroatoms. The zero-order valence-corrected chi connectivity index (χ0v) is 16.2. The molecule has 0 fully saturated rings. The highest BCUT2D eigenvalue weighted by Crippen LogP contribution is 2.21. The summed E-state index contributed by atoms with van der Waals surface area (Å²) in [7, 11) is 0. The number of amides is 1. The van der Waals surface area contributed by atoms with Crippen LogP contribution in [0, 0.1) is 13.8 Å². The quantitative estimate of drug-likeness (QED) is 0.733. The molecule has 0 aliphatic heterocycles. The number of rotatable bonds is 7. The second-order valence-corrected chi connectivity index (χ2v) is 6.80. The number of ether oxygens (including phenoxy) is 1. The maximum Gasteiger partial charge on any atom is 0.340 e. The molecule has 0 radical (unpaired) electrons. The molecule has 0 aliphatic rings. The zero-order chi connectivity index (χ0) is 19.3. The van der Waals surface area contributed by atoms with Gasteiger partial charge in [0.15, 0.2) is 0 Å². The molecule has 2 rings (SSSR count). The number of H-pyrrole nitrogens is 1. The van der Waals surface area contributed by atoms with Gasteiger partial charge in [-0.15, -0.1) is 0 Å². The first-order valence-electron chi connectivity index (χ1n) is 9.08. The highest BCUT2D eigenvalue weighted by atomic mass is 16.5. The van der Waals surface area contributed by atoms with Crippen LogP contribution in [0.15, 0.2) is 30.3 Å². The molecule has 1 aromatic heterocycles. The smallest absolute Gasteiger partial charge is 0.340 e. The molecule has 140 valence electrons. The molecule has 2 N–H and O–H groups in total. The predicted octanol–water partition coefficient (Wildman–Crippen LogP) is 4.12. The largest absolute Gasteiger partial charge is 0.459 e. The van der Waals surface area contributed by atoms with E-state index in [1.807, 2.05) is 18.2 Å². The minimum atomic E-state index is -0.402. The first-order valence-corrected chi connectivity index (χ1v) is 9.08. The highest BCUT2D eigenvalue weighted by Gasteiger charge is 2.24. The summed E-state index contributed by atoms with van der Waals surface area (Å²) in [6.45, 7) is 9.80. The van der Waals surface area contributed by atoms with E-state index in [4.69, 9.17) is 4.74 Å². The topological polar surface area (TPSA) is 71.2 Å². The van der Waals surface area contributed by atoms with Gasteiger partial charge in [0.1, 0.15) is 5.69 Å². The van der Waals surface area contributed by atoms with Crippen LogP contribution in [0.5, 0.6) is 0 Å². The van der Waals surface area contributed by atoms with Gasteiger partial charge in [0, 0.05) is 18.2 Å². The van der Waals surface area contributed by atoms with E-state index in [0.717, 1.165) is 6.42 Å². The van der Waals surface area contributed by atoms with Gasteiger partial charge in [-0.05, 0) is 45.2 Å². The third-order valence-corrected chi connectivity index (χ3v) is 4.48. The van der Waals surface area contributed by atoms with Crippen molar-refractivity contribution in [2.45, 2.75) is 53.1 Å². The Morgan fingerprint density at radius 3 is 2.38 bits per heavy atom. The molecular weight excluding hydrogens is 328 g/mol. The standard InChI is InChI=1S/C21H28N2O3/c1-6-16(17-10-8-7-9-11-17)12-22-20(24)19-14(4)18(15(5)23-19)21(25)26-13(2)3/h7-11,13,16,23H,6,12H2,1-5H3,(H,22,24)/t16-/m1/s1. The fraction of sp³-hybridized carbons (Fsp3) is 0.429. The van der Waals surface area contributed by atoms with Gasteiger partial charge in [-0.3, -0.25) is 4.79 Å². The van der Waals surface area contributed by atoms with Crippen molar-refractivity contribution in [3.63, 3.8) is 0 Å². The van der Waals surface area contributed by atoms with Crippen molar-refractivity contribution < 1.29 is 14.3 Å². The Balaban J connectivity index is 2.11. The van der Waals surface area contributed by atoms with E-state index in [-0.39, 0.29) is 17.9 Å². The molecule has 1 aromatic carbocycles. The molecule has 26 heavy (non-hydrogen) atoms. The number of aromatic amines is 1. The van der Waals surface area contributed by atoms with Gasteiger partial charge in [0.05, 0.1) is 11.7 Å². The lowest BCUT2D eigenvalue weighted by Gasteiger charge is -2.16. The van der Waals surface area contributed by atoms with E-state index >= 15 is 0 Å². The monoisotopic (exact) mass is 356 g/mol. The number of esters is 1. The molecule has 1 amide bonds. The molecule has 5 nitrogen and oxygen atoms in total. The number of aromatic nitrogens is 1. The normalized spacial score (nSPS) is 12.1. The first kappa shape index (κ1) is 19.8. The lowest BCUT2D eigenvalue weighted by atomic mass is 9.96. The molecule has 0 spiro atoms. The van der Waals surface area contributed by atoms with Crippen LogP contribution in [0.25, 0.3) is 0 Å². The summed E-state index contributed by atoms with van der Waals surface area (Å²) in [4.78, 5) is 27.9. The molecule has 1 atom stereocenters. The van der Waals surface area contributed by atoms with Crippen LogP contribution in [0.1, 0.15) is 70.8 Å². The molecular formula is C21H28N2O3. The Morgan fingerprint density at radius 1 is 1.15 bits per heavy atom. The van der Waals surface area contributed by atoms with Crippen molar-refractivity contribution in [1.82, 2.24) is 10.3 Å². The van der Waals surface area contributed by atoms with E-state index < -0.39 is 5.97 Å². The molecule has 0 unspecified atom stereocenters. The van der Waals surface area contributed by atoms with Crippen molar-refractivity contribution in [2.24, 2.45) is 0 Å². The summed E-state index contributed by atoms with van der Waals surface area (Å²) in [6.07, 6.45) is 0.726. The number of hydrogen-bond acceptors (Lipinski definition) is 3. The van der Waals surface area contributed by atoms with Crippen LogP contribution in [0.4, 0.5) is 0 Å². The van der Waals surface area contributed by atoms with E-state index in [1.165, 1.54) is 5.56 Å². The van der Waals surface area contributed by atoms with Gasteiger partial charge in [-0.1, -0.05) is 37.3 Å². The van der Waals surface area contributed by atoms with Gasteiger partial charge in [0.25, 0.3) is 5.91 Å². The Labute approximate surface area is 155 Å². The van der Waals surface area contributed by atoms with E-state index in [9.17, 15) is 9.59 Å². The summed E-state index contributed by atoms with van der Waals surface area (Å²) in [5.41, 5.74) is 3.34. The third kappa shape index (κ3) is 4.54. The lowest BCUT2D eigenvalue weighted by molar-refractivity contribution is 0.0376. The molecule has 0 aliphatic carbocycles. The number of aryl methyl sites for hydroxylation is 1. The Kier molecular flexibility index (Phi) is 6.61. The minimum absolute atomic E-state index is 0.204. The predicted molar refractivity (Wildman–Crippen MR) is 103 cm³/mol. The Morgan fingerprint density at radius 2 is 1.81 bits per heavy atom. The van der Waals surface area contributed by atoms with Crippen LogP contribution in [0.2, 0.25) is 0 Å². The molecule has 0 saturated carbocycles. The number of nitrogens with one attached hydrogen (secondary N) is 2. The molecule has 0 saturated heterocycles. The fourth-order valence-electron chi connectivity index (χ4n) is 3.08. The van der Waals surface area contributed by atoms with Gasteiger partial charge >= 0.3 is 5.97 Å². The summed E-state index contributed by atoms with van der Waals surface area (Å²) in [5, 5.41) is 2.99. The Hall–Kier alpha value is -2.56. The van der Waals surface area contributed by atoms with Crippen LogP contribution in [0.3, 0.4) is 0 Å². The summed E-state index contributed by atoms with van der Waals surface area (Å²) in [5.74, 6) is -0.355. The zero-order valence-electron chi connectivity index (χ0n) is 16.2. The maximum absolute atomic E-state index is 12.6. The van der Waals surface area contributed by atoms with Crippen molar-refractivity contribution in [3.8, 4) is 0 Å². The summed E-state index contributed by atoms with van der Waals surface area (Å²) in [6, 6.07) is 10.1. The highest BCUT2D eigenvalue weighted by molar-refractivity contribution is 6.00. The van der Waals surface area contributed by atoms with Crippen LogP contribution < -0.4 is 5.32 Å². The number of carbonyl (C=O) groups excluding carboxylic acids is 2. The van der Waals surface area contributed by atoms with Gasteiger partial charge in [0.2, 0.25) is 0 Å². The van der Waals surface area contributed by atoms with Crippen LogP contribution >= 0.6 is 0 Å². The van der Waals surface area contributed by atoms with E-state index in [1.54, 1.807) is 27.7 Å². The Bertz CT molecular complexity index is 763. The summed E-state index contributed by atoms with van der Waals surface area (Å²) < 4.78 is 5.27. The maximum atomic E-state index is 12.6. The second kappa shape index (κ2) is 8.70. The number of benzene rings is 1.